The van der Waals surface area contributed by atoms with Gasteiger partial charge in [0.2, 0.25) is 0 Å². The van der Waals surface area contributed by atoms with Crippen LogP contribution in [0.3, 0.4) is 0 Å². The summed E-state index contributed by atoms with van der Waals surface area (Å²) in [6.07, 6.45) is 2.09. The zero-order valence-electron chi connectivity index (χ0n) is 10.3. The Bertz CT molecular complexity index is 270. The van der Waals surface area contributed by atoms with Gasteiger partial charge in [-0.1, -0.05) is 13.8 Å². The number of rotatable bonds is 2. The largest absolute Gasteiger partial charge is 0.392 e. The van der Waals surface area contributed by atoms with Crippen molar-refractivity contribution in [3.8, 4) is 0 Å². The van der Waals surface area contributed by atoms with Crippen LogP contribution >= 0.6 is 0 Å². The van der Waals surface area contributed by atoms with Crippen LogP contribution in [0.25, 0.3) is 0 Å². The standard InChI is InChI=1S/C12H23NO2S/c1-12(2)4-3-10(11(12)14)9-13-5-7-16(15)8-6-13/h10-11,14H,3-9H2,1-2H3. The summed E-state index contributed by atoms with van der Waals surface area (Å²) < 4.78 is 11.2. The molecule has 2 unspecified atom stereocenters. The zero-order chi connectivity index (χ0) is 11.8. The minimum Gasteiger partial charge on any atom is -0.392 e. The van der Waals surface area contributed by atoms with Crippen LogP contribution < -0.4 is 0 Å². The van der Waals surface area contributed by atoms with Crippen LogP contribution in [0.4, 0.5) is 0 Å². The monoisotopic (exact) mass is 245 g/mol. The first kappa shape index (κ1) is 12.5. The second-order valence-corrected chi connectivity index (χ2v) is 7.58. The molecule has 0 spiro atoms. The van der Waals surface area contributed by atoms with Crippen molar-refractivity contribution < 1.29 is 9.32 Å². The van der Waals surface area contributed by atoms with Gasteiger partial charge in [-0.2, -0.15) is 0 Å². The fourth-order valence-electron chi connectivity index (χ4n) is 2.88. The third-order valence-corrected chi connectivity index (χ3v) is 5.45. The highest BCUT2D eigenvalue weighted by atomic mass is 32.2. The van der Waals surface area contributed by atoms with E-state index in [1.54, 1.807) is 0 Å². The Labute approximate surface area is 101 Å². The van der Waals surface area contributed by atoms with Gasteiger partial charge in [0.05, 0.1) is 6.10 Å². The first-order valence-electron chi connectivity index (χ1n) is 6.24. The topological polar surface area (TPSA) is 40.5 Å². The molecule has 1 saturated heterocycles. The molecule has 1 saturated carbocycles. The molecule has 1 N–H and O–H groups in total. The predicted octanol–water partition coefficient (Wildman–Crippen LogP) is 0.848. The van der Waals surface area contributed by atoms with E-state index in [0.29, 0.717) is 5.92 Å². The van der Waals surface area contributed by atoms with Crippen molar-refractivity contribution in [1.29, 1.82) is 0 Å². The van der Waals surface area contributed by atoms with Crippen LogP contribution in [0, 0.1) is 11.3 Å². The maximum absolute atomic E-state index is 11.2. The lowest BCUT2D eigenvalue weighted by Crippen LogP contribution is -2.43. The average Bonchev–Trinajstić information content (AvgIpc) is 2.49. The Morgan fingerprint density at radius 1 is 1.38 bits per heavy atom. The Morgan fingerprint density at radius 3 is 2.50 bits per heavy atom. The second-order valence-electron chi connectivity index (χ2n) is 5.88. The highest BCUT2D eigenvalue weighted by Crippen LogP contribution is 2.41. The third kappa shape index (κ3) is 2.66. The lowest BCUT2D eigenvalue weighted by Gasteiger charge is -2.32. The molecule has 2 atom stereocenters. The molecule has 2 aliphatic rings. The molecule has 16 heavy (non-hydrogen) atoms. The SMILES string of the molecule is CC1(C)CCC(CN2CCS(=O)CC2)C1O. The molecule has 0 aromatic carbocycles. The molecule has 1 heterocycles. The number of hydrogen-bond acceptors (Lipinski definition) is 3. The smallest absolute Gasteiger partial charge is 0.0631 e. The first-order valence-corrected chi connectivity index (χ1v) is 7.73. The molecule has 3 nitrogen and oxygen atoms in total. The van der Waals surface area contributed by atoms with Crippen molar-refractivity contribution in [3.63, 3.8) is 0 Å². The van der Waals surface area contributed by atoms with Gasteiger partial charge in [-0.15, -0.1) is 0 Å². The van der Waals surface area contributed by atoms with Crippen LogP contribution in [0.15, 0.2) is 0 Å². The van der Waals surface area contributed by atoms with Crippen molar-refractivity contribution >= 4 is 10.8 Å². The van der Waals surface area contributed by atoms with Crippen LogP contribution in [-0.2, 0) is 10.8 Å². The van der Waals surface area contributed by atoms with Gasteiger partial charge in [-0.3, -0.25) is 4.21 Å². The Balaban J connectivity index is 1.84. The summed E-state index contributed by atoms with van der Waals surface area (Å²) in [7, 11) is -0.592. The van der Waals surface area contributed by atoms with E-state index in [9.17, 15) is 9.32 Å². The Kier molecular flexibility index (Phi) is 3.72. The van der Waals surface area contributed by atoms with Crippen LogP contribution in [0.1, 0.15) is 26.7 Å². The van der Waals surface area contributed by atoms with Gasteiger partial charge in [0.25, 0.3) is 0 Å². The molecule has 2 fully saturated rings. The molecule has 0 bridgehead atoms. The zero-order valence-corrected chi connectivity index (χ0v) is 11.1. The number of aliphatic hydroxyl groups is 1. The normalized spacial score (nSPS) is 36.7. The Hall–Kier alpha value is 0.0700. The van der Waals surface area contributed by atoms with Crippen molar-refractivity contribution in [3.05, 3.63) is 0 Å². The van der Waals surface area contributed by atoms with E-state index in [4.69, 9.17) is 0 Å². The molecular weight excluding hydrogens is 222 g/mol. The molecule has 1 aliphatic carbocycles. The molecule has 0 amide bonds. The maximum Gasteiger partial charge on any atom is 0.0631 e. The highest BCUT2D eigenvalue weighted by molar-refractivity contribution is 7.85. The van der Waals surface area contributed by atoms with Gasteiger partial charge in [0, 0.05) is 41.9 Å². The highest BCUT2D eigenvalue weighted by Gasteiger charge is 2.41. The first-order chi connectivity index (χ1) is 7.49. The lowest BCUT2D eigenvalue weighted by atomic mass is 9.87. The van der Waals surface area contributed by atoms with E-state index < -0.39 is 10.8 Å². The van der Waals surface area contributed by atoms with E-state index in [-0.39, 0.29) is 11.5 Å². The summed E-state index contributed by atoms with van der Waals surface area (Å²) in [6.45, 7) is 7.18. The third-order valence-electron chi connectivity index (χ3n) is 4.17. The summed E-state index contributed by atoms with van der Waals surface area (Å²) in [4.78, 5) is 2.37. The number of hydrogen-bond donors (Lipinski definition) is 1. The van der Waals surface area contributed by atoms with Gasteiger partial charge < -0.3 is 10.0 Å². The van der Waals surface area contributed by atoms with E-state index in [1.165, 1.54) is 0 Å². The quantitative estimate of drug-likeness (QED) is 0.784. The van der Waals surface area contributed by atoms with Gasteiger partial charge in [-0.25, -0.2) is 0 Å². The molecule has 4 heteroatoms. The fraction of sp³-hybridized carbons (Fsp3) is 1.00. The lowest BCUT2D eigenvalue weighted by molar-refractivity contribution is 0.0337. The van der Waals surface area contributed by atoms with Crippen LogP contribution in [0.5, 0.6) is 0 Å². The molecule has 0 aromatic rings. The minimum atomic E-state index is -0.592. The summed E-state index contributed by atoms with van der Waals surface area (Å²) in [6, 6.07) is 0. The summed E-state index contributed by atoms with van der Waals surface area (Å²) in [5.41, 5.74) is 0.0866. The van der Waals surface area contributed by atoms with Crippen molar-refractivity contribution in [2.45, 2.75) is 32.8 Å². The van der Waals surface area contributed by atoms with E-state index >= 15 is 0 Å². The summed E-state index contributed by atoms with van der Waals surface area (Å²) in [5, 5.41) is 10.2. The molecule has 2 rings (SSSR count). The number of aliphatic hydroxyl groups excluding tert-OH is 1. The molecule has 0 aromatic heterocycles. The maximum atomic E-state index is 11.2. The van der Waals surface area contributed by atoms with Crippen molar-refractivity contribution in [2.24, 2.45) is 11.3 Å². The average molecular weight is 245 g/mol. The summed E-state index contributed by atoms with van der Waals surface area (Å²) in [5.74, 6) is 2.04. The van der Waals surface area contributed by atoms with E-state index in [2.05, 4.69) is 18.7 Å². The minimum absolute atomic E-state index is 0.0866. The predicted molar refractivity (Wildman–Crippen MR) is 66.8 cm³/mol. The van der Waals surface area contributed by atoms with Crippen LogP contribution in [-0.4, -0.2) is 51.5 Å². The molecular formula is C12H23NO2S. The van der Waals surface area contributed by atoms with E-state index in [1.807, 2.05) is 0 Å². The Morgan fingerprint density at radius 2 is 2.00 bits per heavy atom. The fourth-order valence-corrected chi connectivity index (χ4v) is 4.01. The van der Waals surface area contributed by atoms with Gasteiger partial charge >= 0.3 is 0 Å². The van der Waals surface area contributed by atoms with Gasteiger partial charge in [0.15, 0.2) is 0 Å². The van der Waals surface area contributed by atoms with Crippen molar-refractivity contribution in [2.75, 3.05) is 31.1 Å². The number of nitrogens with zero attached hydrogens (tertiary/aromatic N) is 1. The van der Waals surface area contributed by atoms with Crippen molar-refractivity contribution in [1.82, 2.24) is 4.90 Å². The second kappa shape index (κ2) is 4.75. The summed E-state index contributed by atoms with van der Waals surface area (Å²) >= 11 is 0. The van der Waals surface area contributed by atoms with Gasteiger partial charge in [-0.05, 0) is 24.2 Å². The molecule has 94 valence electrons. The molecule has 0 radical (unpaired) electrons. The van der Waals surface area contributed by atoms with E-state index in [0.717, 1.165) is 44.0 Å². The molecule has 1 aliphatic heterocycles. The van der Waals surface area contributed by atoms with Crippen LogP contribution in [0.2, 0.25) is 0 Å². The van der Waals surface area contributed by atoms with Gasteiger partial charge in [0.1, 0.15) is 0 Å².